The van der Waals surface area contributed by atoms with E-state index in [1.807, 2.05) is 35.2 Å². The van der Waals surface area contributed by atoms with Gasteiger partial charge in [0, 0.05) is 13.1 Å². The van der Waals surface area contributed by atoms with Crippen LogP contribution in [0, 0.1) is 5.41 Å². The van der Waals surface area contributed by atoms with Crippen LogP contribution in [0.4, 0.5) is 0 Å². The molecule has 0 saturated carbocycles. The number of carbonyl (C=O) groups is 1. The maximum atomic E-state index is 12.4. The normalized spacial score (nSPS) is 18.7. The minimum Gasteiger partial charge on any atom is -0.341 e. The summed E-state index contributed by atoms with van der Waals surface area (Å²) >= 11 is 0. The Morgan fingerprint density at radius 3 is 2.38 bits per heavy atom. The third-order valence-electron chi connectivity index (χ3n) is 4.75. The fourth-order valence-electron chi connectivity index (χ4n) is 2.81. The summed E-state index contributed by atoms with van der Waals surface area (Å²) in [6.45, 7) is 6.26. The van der Waals surface area contributed by atoms with Crippen LogP contribution >= 0.6 is 12.4 Å². The van der Waals surface area contributed by atoms with E-state index in [2.05, 4.69) is 13.8 Å². The van der Waals surface area contributed by atoms with Crippen LogP contribution in [0.15, 0.2) is 30.3 Å². The van der Waals surface area contributed by atoms with Crippen LogP contribution in [0.25, 0.3) is 0 Å². The monoisotopic (exact) mass is 310 g/mol. The number of rotatable bonds is 4. The Hall–Kier alpha value is -1.06. The van der Waals surface area contributed by atoms with Gasteiger partial charge in [0.05, 0.1) is 6.04 Å². The minimum atomic E-state index is -0.414. The molecule has 0 unspecified atom stereocenters. The molecule has 1 aromatic rings. The molecule has 2 rings (SSSR count). The lowest BCUT2D eigenvalue weighted by Gasteiger charge is -2.39. The number of halogens is 1. The van der Waals surface area contributed by atoms with Gasteiger partial charge in [-0.15, -0.1) is 12.4 Å². The molecule has 2 N–H and O–H groups in total. The number of nitrogens with zero attached hydrogens (tertiary/aromatic N) is 1. The van der Waals surface area contributed by atoms with Crippen LogP contribution in [-0.2, 0) is 11.2 Å². The van der Waals surface area contributed by atoms with Gasteiger partial charge in [0.15, 0.2) is 0 Å². The molecule has 1 heterocycles. The van der Waals surface area contributed by atoms with Crippen molar-refractivity contribution in [1.29, 1.82) is 0 Å². The van der Waals surface area contributed by atoms with Crippen molar-refractivity contribution in [3.05, 3.63) is 35.9 Å². The number of nitrogens with two attached hydrogens (primary N) is 1. The molecule has 1 atom stereocenters. The molecule has 118 valence electrons. The zero-order valence-corrected chi connectivity index (χ0v) is 13.9. The maximum Gasteiger partial charge on any atom is 0.239 e. The van der Waals surface area contributed by atoms with E-state index in [-0.39, 0.29) is 18.3 Å². The number of amides is 1. The van der Waals surface area contributed by atoms with Crippen molar-refractivity contribution in [2.24, 2.45) is 11.1 Å². The van der Waals surface area contributed by atoms with E-state index in [4.69, 9.17) is 5.73 Å². The summed E-state index contributed by atoms with van der Waals surface area (Å²) in [5.41, 5.74) is 7.62. The summed E-state index contributed by atoms with van der Waals surface area (Å²) in [5.74, 6) is 0.104. The second-order valence-corrected chi connectivity index (χ2v) is 6.29. The summed E-state index contributed by atoms with van der Waals surface area (Å²) < 4.78 is 0. The molecular formula is C17H27ClN2O. The van der Waals surface area contributed by atoms with Gasteiger partial charge in [-0.2, -0.15) is 0 Å². The Balaban J connectivity index is 0.00000220. The number of hydrogen-bond acceptors (Lipinski definition) is 2. The van der Waals surface area contributed by atoms with Crippen LogP contribution in [-0.4, -0.2) is 29.9 Å². The van der Waals surface area contributed by atoms with Crippen LogP contribution in [0.2, 0.25) is 0 Å². The number of hydrogen-bond donors (Lipinski definition) is 1. The predicted molar refractivity (Wildman–Crippen MR) is 89.6 cm³/mol. The molecule has 1 aliphatic heterocycles. The Morgan fingerprint density at radius 1 is 1.29 bits per heavy atom. The highest BCUT2D eigenvalue weighted by Gasteiger charge is 2.31. The van der Waals surface area contributed by atoms with Crippen molar-refractivity contribution in [1.82, 2.24) is 4.90 Å². The quantitative estimate of drug-likeness (QED) is 0.929. The van der Waals surface area contributed by atoms with E-state index in [0.717, 1.165) is 31.5 Å². The highest BCUT2D eigenvalue weighted by molar-refractivity contribution is 5.85. The summed E-state index contributed by atoms with van der Waals surface area (Å²) in [6, 6.07) is 9.59. The summed E-state index contributed by atoms with van der Waals surface area (Å²) in [7, 11) is 0. The average Bonchev–Trinajstić information content (AvgIpc) is 2.48. The molecule has 0 aliphatic carbocycles. The Kier molecular flexibility index (Phi) is 6.69. The van der Waals surface area contributed by atoms with Gasteiger partial charge in [0.2, 0.25) is 5.91 Å². The molecule has 4 heteroatoms. The Bertz CT molecular complexity index is 441. The lowest BCUT2D eigenvalue weighted by molar-refractivity contribution is -0.134. The van der Waals surface area contributed by atoms with Gasteiger partial charge >= 0.3 is 0 Å². The number of benzene rings is 1. The first-order chi connectivity index (χ1) is 9.54. The van der Waals surface area contributed by atoms with E-state index in [1.54, 1.807) is 0 Å². The fourth-order valence-corrected chi connectivity index (χ4v) is 2.81. The standard InChI is InChI=1S/C17H26N2O.ClH/c1-3-17(2)9-11-19(12-10-17)16(20)15(18)13-14-7-5-4-6-8-14;/h4-8,15H,3,9-13,18H2,1-2H3;1H/t15-;/m0./s1. The topological polar surface area (TPSA) is 46.3 Å². The van der Waals surface area contributed by atoms with Gasteiger partial charge in [0.25, 0.3) is 0 Å². The SMILES string of the molecule is CCC1(C)CCN(C(=O)[C@@H](N)Cc2ccccc2)CC1.Cl. The van der Waals surface area contributed by atoms with Gasteiger partial charge in [-0.1, -0.05) is 50.6 Å². The van der Waals surface area contributed by atoms with Gasteiger partial charge in [-0.25, -0.2) is 0 Å². The molecular weight excluding hydrogens is 284 g/mol. The largest absolute Gasteiger partial charge is 0.341 e. The maximum absolute atomic E-state index is 12.4. The van der Waals surface area contributed by atoms with Gasteiger partial charge in [-0.3, -0.25) is 4.79 Å². The van der Waals surface area contributed by atoms with E-state index in [1.165, 1.54) is 6.42 Å². The first-order valence-electron chi connectivity index (χ1n) is 7.62. The van der Waals surface area contributed by atoms with Crippen molar-refractivity contribution >= 4 is 18.3 Å². The van der Waals surface area contributed by atoms with Crippen molar-refractivity contribution in [2.45, 2.75) is 45.6 Å². The number of carbonyl (C=O) groups excluding carboxylic acids is 1. The smallest absolute Gasteiger partial charge is 0.239 e. The first kappa shape index (κ1) is 18.0. The average molecular weight is 311 g/mol. The van der Waals surface area contributed by atoms with Crippen molar-refractivity contribution in [2.75, 3.05) is 13.1 Å². The van der Waals surface area contributed by atoms with E-state index in [0.29, 0.717) is 11.8 Å². The van der Waals surface area contributed by atoms with Crippen molar-refractivity contribution in [3.8, 4) is 0 Å². The van der Waals surface area contributed by atoms with Crippen LogP contribution in [0.1, 0.15) is 38.7 Å². The second kappa shape index (κ2) is 7.81. The molecule has 0 aromatic heterocycles. The van der Waals surface area contributed by atoms with Crippen LogP contribution in [0.3, 0.4) is 0 Å². The summed E-state index contributed by atoms with van der Waals surface area (Å²) in [6.07, 6.45) is 3.99. The minimum absolute atomic E-state index is 0. The first-order valence-corrected chi connectivity index (χ1v) is 7.62. The molecule has 0 spiro atoms. The van der Waals surface area contributed by atoms with Gasteiger partial charge in [-0.05, 0) is 30.2 Å². The molecule has 1 aromatic carbocycles. The van der Waals surface area contributed by atoms with Crippen LogP contribution in [0.5, 0.6) is 0 Å². The second-order valence-electron chi connectivity index (χ2n) is 6.29. The molecule has 3 nitrogen and oxygen atoms in total. The lowest BCUT2D eigenvalue weighted by Crippen LogP contribution is -2.49. The molecule has 1 saturated heterocycles. The van der Waals surface area contributed by atoms with Gasteiger partial charge < -0.3 is 10.6 Å². The Morgan fingerprint density at radius 2 is 1.86 bits per heavy atom. The number of piperidine rings is 1. The van der Waals surface area contributed by atoms with E-state index < -0.39 is 6.04 Å². The van der Waals surface area contributed by atoms with E-state index >= 15 is 0 Å². The highest BCUT2D eigenvalue weighted by atomic mass is 35.5. The van der Waals surface area contributed by atoms with Gasteiger partial charge in [0.1, 0.15) is 0 Å². The Labute approximate surface area is 134 Å². The van der Waals surface area contributed by atoms with E-state index in [9.17, 15) is 4.79 Å². The summed E-state index contributed by atoms with van der Waals surface area (Å²) in [4.78, 5) is 14.4. The molecule has 0 radical (unpaired) electrons. The van der Waals surface area contributed by atoms with Crippen LogP contribution < -0.4 is 5.73 Å². The molecule has 0 bridgehead atoms. The molecule has 1 aliphatic rings. The molecule has 1 fully saturated rings. The molecule has 21 heavy (non-hydrogen) atoms. The predicted octanol–water partition coefficient (Wildman–Crippen LogP) is 3.02. The molecule has 1 amide bonds. The van der Waals surface area contributed by atoms with Crippen molar-refractivity contribution in [3.63, 3.8) is 0 Å². The van der Waals surface area contributed by atoms with Crippen molar-refractivity contribution < 1.29 is 4.79 Å². The zero-order valence-electron chi connectivity index (χ0n) is 13.0. The zero-order chi connectivity index (χ0) is 14.6. The summed E-state index contributed by atoms with van der Waals surface area (Å²) in [5, 5.41) is 0. The highest BCUT2D eigenvalue weighted by Crippen LogP contribution is 2.34. The fraction of sp³-hybridized carbons (Fsp3) is 0.588. The lowest BCUT2D eigenvalue weighted by atomic mass is 9.78. The third-order valence-corrected chi connectivity index (χ3v) is 4.75. The number of likely N-dealkylation sites (tertiary alicyclic amines) is 1. The third kappa shape index (κ3) is 4.72.